The molecule has 6 nitrogen and oxygen atoms in total. The average molecular weight is 448 g/mol. The van der Waals surface area contributed by atoms with Crippen molar-refractivity contribution in [2.45, 2.75) is 23.2 Å². The molecule has 0 aliphatic carbocycles. The molecule has 1 unspecified atom stereocenters. The lowest BCUT2D eigenvalue weighted by Gasteiger charge is -2.30. The van der Waals surface area contributed by atoms with E-state index in [9.17, 15) is 26.4 Å². The van der Waals surface area contributed by atoms with Gasteiger partial charge in [-0.05, 0) is 48.6 Å². The smallest absolute Gasteiger partial charge is 0.422 e. The van der Waals surface area contributed by atoms with Crippen LogP contribution in [0.15, 0.2) is 46.0 Å². The van der Waals surface area contributed by atoms with E-state index in [1.54, 1.807) is 11.4 Å². The number of anilines is 1. The van der Waals surface area contributed by atoms with Gasteiger partial charge < -0.3 is 10.1 Å². The predicted molar refractivity (Wildman–Crippen MR) is 102 cm³/mol. The van der Waals surface area contributed by atoms with Crippen molar-refractivity contribution in [2.75, 3.05) is 25.0 Å². The van der Waals surface area contributed by atoms with Crippen molar-refractivity contribution in [3.8, 4) is 5.75 Å². The number of nitrogens with zero attached hydrogens (tertiary/aromatic N) is 1. The number of nitrogens with one attached hydrogen (secondary N) is 1. The first-order valence-electron chi connectivity index (χ1n) is 8.79. The lowest BCUT2D eigenvalue weighted by atomic mass is 9.99. The number of thiophene rings is 1. The molecule has 0 radical (unpaired) electrons. The first-order valence-corrected chi connectivity index (χ1v) is 11.1. The SMILES string of the molecule is O=C(Nc1ccc(OCC(F)(F)F)cc1)C1CCCN(S(=O)(=O)c2cccs2)C1. The highest BCUT2D eigenvalue weighted by molar-refractivity contribution is 7.91. The van der Waals surface area contributed by atoms with E-state index in [-0.39, 0.29) is 22.4 Å². The van der Waals surface area contributed by atoms with Crippen LogP contribution in [0.3, 0.4) is 0 Å². The molecule has 2 aromatic rings. The summed E-state index contributed by atoms with van der Waals surface area (Å²) in [7, 11) is -3.62. The van der Waals surface area contributed by atoms with E-state index in [0.29, 0.717) is 25.1 Å². The van der Waals surface area contributed by atoms with Crippen LogP contribution < -0.4 is 10.1 Å². The lowest BCUT2D eigenvalue weighted by Crippen LogP contribution is -2.43. The van der Waals surface area contributed by atoms with Gasteiger partial charge in [-0.25, -0.2) is 8.42 Å². The number of rotatable bonds is 6. The second kappa shape index (κ2) is 8.72. The summed E-state index contributed by atoms with van der Waals surface area (Å²) in [5, 5.41) is 4.37. The zero-order valence-electron chi connectivity index (χ0n) is 15.2. The molecule has 11 heteroatoms. The molecule has 1 saturated heterocycles. The molecule has 0 bridgehead atoms. The molecule has 1 aromatic heterocycles. The highest BCUT2D eigenvalue weighted by Gasteiger charge is 2.34. The Morgan fingerprint density at radius 3 is 2.59 bits per heavy atom. The summed E-state index contributed by atoms with van der Waals surface area (Å²) < 4.78 is 68.0. The molecule has 1 N–H and O–H groups in total. The second-order valence-electron chi connectivity index (χ2n) is 6.55. The van der Waals surface area contributed by atoms with E-state index in [4.69, 9.17) is 0 Å². The molecule has 29 heavy (non-hydrogen) atoms. The van der Waals surface area contributed by atoms with Gasteiger partial charge in [0.05, 0.1) is 5.92 Å². The van der Waals surface area contributed by atoms with Gasteiger partial charge in [0, 0.05) is 18.8 Å². The number of sulfonamides is 1. The van der Waals surface area contributed by atoms with Crippen LogP contribution in [-0.2, 0) is 14.8 Å². The zero-order valence-corrected chi connectivity index (χ0v) is 16.8. The third-order valence-electron chi connectivity index (χ3n) is 4.37. The molecule has 1 aromatic carbocycles. The van der Waals surface area contributed by atoms with Gasteiger partial charge in [0.2, 0.25) is 5.91 Å². The Balaban J connectivity index is 1.59. The van der Waals surface area contributed by atoms with Crippen LogP contribution in [0, 0.1) is 5.92 Å². The monoisotopic (exact) mass is 448 g/mol. The summed E-state index contributed by atoms with van der Waals surface area (Å²) >= 11 is 1.13. The molecular formula is C18H19F3N2O4S2. The fourth-order valence-electron chi connectivity index (χ4n) is 2.96. The van der Waals surface area contributed by atoms with Crippen LogP contribution in [0.4, 0.5) is 18.9 Å². The molecule has 1 aliphatic rings. The Hall–Kier alpha value is -2.11. The number of piperidine rings is 1. The van der Waals surface area contributed by atoms with Crippen LogP contribution in [0.25, 0.3) is 0 Å². The third-order valence-corrected chi connectivity index (χ3v) is 7.61. The Bertz CT molecular complexity index is 929. The minimum atomic E-state index is -4.43. The highest BCUT2D eigenvalue weighted by atomic mass is 32.2. The maximum absolute atomic E-state index is 12.7. The summed E-state index contributed by atoms with van der Waals surface area (Å²) in [6, 6.07) is 8.73. The van der Waals surface area contributed by atoms with Crippen molar-refractivity contribution >= 4 is 33.0 Å². The Morgan fingerprint density at radius 1 is 1.24 bits per heavy atom. The number of ether oxygens (including phenoxy) is 1. The van der Waals surface area contributed by atoms with E-state index in [0.717, 1.165) is 11.3 Å². The maximum atomic E-state index is 12.7. The third kappa shape index (κ3) is 5.71. The minimum absolute atomic E-state index is 0.0335. The van der Waals surface area contributed by atoms with E-state index < -0.39 is 28.7 Å². The molecule has 0 spiro atoms. The van der Waals surface area contributed by atoms with Crippen molar-refractivity contribution in [1.82, 2.24) is 4.31 Å². The molecule has 3 rings (SSSR count). The number of carbonyl (C=O) groups is 1. The van der Waals surface area contributed by atoms with E-state index >= 15 is 0 Å². The van der Waals surface area contributed by atoms with Gasteiger partial charge in [-0.3, -0.25) is 4.79 Å². The fourth-order valence-corrected chi connectivity index (χ4v) is 5.62. The van der Waals surface area contributed by atoms with Crippen LogP contribution >= 0.6 is 11.3 Å². The summed E-state index contributed by atoms with van der Waals surface area (Å²) in [6.07, 6.45) is -3.31. The van der Waals surface area contributed by atoms with Crippen molar-refractivity contribution in [3.05, 3.63) is 41.8 Å². The maximum Gasteiger partial charge on any atom is 0.422 e. The van der Waals surface area contributed by atoms with Gasteiger partial charge in [-0.15, -0.1) is 11.3 Å². The van der Waals surface area contributed by atoms with E-state index in [2.05, 4.69) is 10.1 Å². The summed E-state index contributed by atoms with van der Waals surface area (Å²) in [5.74, 6) is -0.814. The number of hydrogen-bond acceptors (Lipinski definition) is 5. The molecule has 158 valence electrons. The van der Waals surface area contributed by atoms with Gasteiger partial charge >= 0.3 is 6.18 Å². The van der Waals surface area contributed by atoms with Gasteiger partial charge in [0.15, 0.2) is 6.61 Å². The van der Waals surface area contributed by atoms with Crippen molar-refractivity contribution in [2.24, 2.45) is 5.92 Å². The average Bonchev–Trinajstić information content (AvgIpc) is 3.23. The zero-order chi connectivity index (χ0) is 21.1. The van der Waals surface area contributed by atoms with Crippen LogP contribution in [-0.4, -0.2) is 44.5 Å². The molecule has 1 atom stereocenters. The number of hydrogen-bond donors (Lipinski definition) is 1. The van der Waals surface area contributed by atoms with Gasteiger partial charge in [0.25, 0.3) is 10.0 Å². The number of alkyl halides is 3. The van der Waals surface area contributed by atoms with Gasteiger partial charge in [-0.1, -0.05) is 6.07 Å². The van der Waals surface area contributed by atoms with E-state index in [1.165, 1.54) is 34.6 Å². The van der Waals surface area contributed by atoms with Crippen molar-refractivity contribution < 1.29 is 31.1 Å². The molecule has 1 fully saturated rings. The summed E-state index contributed by atoms with van der Waals surface area (Å²) in [4.78, 5) is 12.6. The largest absolute Gasteiger partial charge is 0.484 e. The Labute approximate surface area is 170 Å². The molecule has 2 heterocycles. The normalized spacial score (nSPS) is 18.4. The number of halogens is 3. The first-order chi connectivity index (χ1) is 13.6. The Morgan fingerprint density at radius 2 is 1.97 bits per heavy atom. The number of carbonyl (C=O) groups excluding carboxylic acids is 1. The minimum Gasteiger partial charge on any atom is -0.484 e. The standard InChI is InChI=1S/C18H19F3N2O4S2/c19-18(20,21)12-27-15-7-5-14(6-8-15)22-17(24)13-3-1-9-23(11-13)29(25,26)16-4-2-10-28-16/h2,4-8,10,13H,1,3,9,11-12H2,(H,22,24). The molecular weight excluding hydrogens is 429 g/mol. The quantitative estimate of drug-likeness (QED) is 0.731. The lowest BCUT2D eigenvalue weighted by molar-refractivity contribution is -0.153. The van der Waals surface area contributed by atoms with E-state index in [1.807, 2.05) is 0 Å². The van der Waals surface area contributed by atoms with Crippen LogP contribution in [0.2, 0.25) is 0 Å². The second-order valence-corrected chi connectivity index (χ2v) is 9.66. The molecule has 0 saturated carbocycles. The summed E-state index contributed by atoms with van der Waals surface area (Å²) in [6.45, 7) is -0.955. The summed E-state index contributed by atoms with van der Waals surface area (Å²) in [5.41, 5.74) is 0.396. The highest BCUT2D eigenvalue weighted by Crippen LogP contribution is 2.27. The first kappa shape index (κ1) is 21.6. The number of benzene rings is 1. The molecule has 1 amide bonds. The topological polar surface area (TPSA) is 75.7 Å². The van der Waals surface area contributed by atoms with Crippen molar-refractivity contribution in [1.29, 1.82) is 0 Å². The van der Waals surface area contributed by atoms with Crippen LogP contribution in [0.1, 0.15) is 12.8 Å². The van der Waals surface area contributed by atoms with Crippen molar-refractivity contribution in [3.63, 3.8) is 0 Å². The number of amides is 1. The van der Waals surface area contributed by atoms with Crippen LogP contribution in [0.5, 0.6) is 5.75 Å². The molecule has 1 aliphatic heterocycles. The van der Waals surface area contributed by atoms with Gasteiger partial charge in [0.1, 0.15) is 9.96 Å². The van der Waals surface area contributed by atoms with Gasteiger partial charge in [-0.2, -0.15) is 17.5 Å². The fraction of sp³-hybridized carbons (Fsp3) is 0.389. The predicted octanol–water partition coefficient (Wildman–Crippen LogP) is 3.73. The Kier molecular flexibility index (Phi) is 6.49.